The molecular formula is C20H19ClN4. The molecule has 25 heavy (non-hydrogen) atoms. The molecule has 0 spiro atoms. The fraction of sp³-hybridized carbons (Fsp3) is 0.200. The third-order valence-corrected chi connectivity index (χ3v) is 4.54. The Morgan fingerprint density at radius 3 is 2.32 bits per heavy atom. The van der Waals surface area contributed by atoms with Crippen LogP contribution in [-0.4, -0.2) is 23.1 Å². The number of halogens is 1. The highest BCUT2D eigenvalue weighted by molar-refractivity contribution is 6.30. The van der Waals surface area contributed by atoms with Crippen LogP contribution in [-0.2, 0) is 0 Å². The minimum atomic E-state index is 0.718. The third kappa shape index (κ3) is 3.74. The minimum absolute atomic E-state index is 0.718. The second kappa shape index (κ2) is 7.11. The number of hydrogen-bond acceptors (Lipinski definition) is 4. The molecule has 1 aliphatic heterocycles. The van der Waals surface area contributed by atoms with Crippen molar-refractivity contribution in [2.75, 3.05) is 23.3 Å². The number of hydrogen-bond donors (Lipinski definition) is 1. The van der Waals surface area contributed by atoms with Gasteiger partial charge in [0, 0.05) is 35.4 Å². The average molecular weight is 351 g/mol. The van der Waals surface area contributed by atoms with Crippen molar-refractivity contribution < 1.29 is 0 Å². The van der Waals surface area contributed by atoms with Gasteiger partial charge >= 0.3 is 0 Å². The lowest BCUT2D eigenvalue weighted by Crippen LogP contribution is -2.21. The van der Waals surface area contributed by atoms with E-state index in [0.717, 1.165) is 46.8 Å². The van der Waals surface area contributed by atoms with Crippen LogP contribution in [0.1, 0.15) is 12.8 Å². The zero-order chi connectivity index (χ0) is 17.1. The van der Waals surface area contributed by atoms with E-state index in [1.807, 2.05) is 48.5 Å². The zero-order valence-electron chi connectivity index (χ0n) is 13.8. The highest BCUT2D eigenvalue weighted by Crippen LogP contribution is 2.26. The summed E-state index contributed by atoms with van der Waals surface area (Å²) in [5, 5.41) is 4.09. The maximum absolute atomic E-state index is 5.97. The predicted molar refractivity (Wildman–Crippen MR) is 104 cm³/mol. The van der Waals surface area contributed by atoms with Gasteiger partial charge < -0.3 is 10.2 Å². The lowest BCUT2D eigenvalue weighted by molar-refractivity contribution is 0.902. The Hall–Kier alpha value is -2.59. The normalized spacial score (nSPS) is 13.9. The number of nitrogens with zero attached hydrogens (tertiary/aromatic N) is 3. The van der Waals surface area contributed by atoms with Crippen LogP contribution < -0.4 is 10.2 Å². The molecule has 4 rings (SSSR count). The van der Waals surface area contributed by atoms with Gasteiger partial charge in [-0.15, -0.1) is 0 Å². The van der Waals surface area contributed by atoms with Gasteiger partial charge in [-0.3, -0.25) is 0 Å². The molecule has 1 saturated heterocycles. The number of rotatable bonds is 4. The van der Waals surface area contributed by atoms with E-state index in [1.54, 1.807) is 0 Å². The van der Waals surface area contributed by atoms with Crippen molar-refractivity contribution in [3.63, 3.8) is 0 Å². The molecule has 3 aromatic rings. The molecule has 0 atom stereocenters. The van der Waals surface area contributed by atoms with Crippen molar-refractivity contribution in [3.05, 3.63) is 65.7 Å². The Balaban J connectivity index is 1.71. The number of aromatic nitrogens is 2. The van der Waals surface area contributed by atoms with Crippen LogP contribution in [0.3, 0.4) is 0 Å². The quantitative estimate of drug-likeness (QED) is 0.707. The van der Waals surface area contributed by atoms with Crippen molar-refractivity contribution >= 4 is 29.1 Å². The van der Waals surface area contributed by atoms with Crippen LogP contribution in [0.4, 0.5) is 17.5 Å². The molecule has 1 aromatic heterocycles. The van der Waals surface area contributed by atoms with Crippen LogP contribution >= 0.6 is 11.6 Å². The molecule has 1 N–H and O–H groups in total. The first kappa shape index (κ1) is 15.9. The fourth-order valence-electron chi connectivity index (χ4n) is 3.00. The average Bonchev–Trinajstić information content (AvgIpc) is 3.19. The molecule has 0 radical (unpaired) electrons. The van der Waals surface area contributed by atoms with Gasteiger partial charge in [-0.1, -0.05) is 41.9 Å². The molecule has 0 amide bonds. The summed E-state index contributed by atoms with van der Waals surface area (Å²) in [5.41, 5.74) is 2.97. The van der Waals surface area contributed by atoms with Crippen LogP contribution in [0.25, 0.3) is 11.3 Å². The standard InChI is InChI=1S/C20H19ClN4/c21-16-8-10-17(11-9-16)22-19-14-18(15-6-2-1-3-7-15)23-20(24-19)25-12-4-5-13-25/h1-3,6-11,14H,4-5,12-13H2,(H,22,23,24). The van der Waals surface area contributed by atoms with E-state index in [2.05, 4.69) is 22.3 Å². The van der Waals surface area contributed by atoms with E-state index in [9.17, 15) is 0 Å². The van der Waals surface area contributed by atoms with Crippen LogP contribution in [0, 0.1) is 0 Å². The second-order valence-electron chi connectivity index (χ2n) is 6.13. The summed E-state index contributed by atoms with van der Waals surface area (Å²) >= 11 is 5.97. The SMILES string of the molecule is Clc1ccc(Nc2cc(-c3ccccc3)nc(N3CCCC3)n2)cc1. The van der Waals surface area contributed by atoms with E-state index in [1.165, 1.54) is 12.8 Å². The van der Waals surface area contributed by atoms with Crippen molar-refractivity contribution in [2.24, 2.45) is 0 Å². The van der Waals surface area contributed by atoms with Crippen LogP contribution in [0.5, 0.6) is 0 Å². The number of nitrogens with one attached hydrogen (secondary N) is 1. The number of anilines is 3. The molecule has 4 nitrogen and oxygen atoms in total. The molecule has 1 aliphatic rings. The van der Waals surface area contributed by atoms with Gasteiger partial charge in [-0.25, -0.2) is 4.98 Å². The minimum Gasteiger partial charge on any atom is -0.341 e. The summed E-state index contributed by atoms with van der Waals surface area (Å²) in [4.78, 5) is 11.8. The molecule has 5 heteroatoms. The summed E-state index contributed by atoms with van der Waals surface area (Å²) in [6, 6.07) is 19.8. The van der Waals surface area contributed by atoms with Gasteiger partial charge in [0.1, 0.15) is 5.82 Å². The second-order valence-corrected chi connectivity index (χ2v) is 6.57. The molecule has 0 unspecified atom stereocenters. The van der Waals surface area contributed by atoms with E-state index < -0.39 is 0 Å². The van der Waals surface area contributed by atoms with E-state index in [-0.39, 0.29) is 0 Å². The number of benzene rings is 2. The summed E-state index contributed by atoms with van der Waals surface area (Å²) in [7, 11) is 0. The van der Waals surface area contributed by atoms with Gasteiger partial charge in [-0.2, -0.15) is 4.98 Å². The summed E-state index contributed by atoms with van der Waals surface area (Å²) in [6.45, 7) is 2.03. The van der Waals surface area contributed by atoms with E-state index in [0.29, 0.717) is 0 Å². The summed E-state index contributed by atoms with van der Waals surface area (Å²) < 4.78 is 0. The van der Waals surface area contributed by atoms with Crippen LogP contribution in [0.2, 0.25) is 5.02 Å². The highest BCUT2D eigenvalue weighted by atomic mass is 35.5. The monoisotopic (exact) mass is 350 g/mol. The molecular weight excluding hydrogens is 332 g/mol. The van der Waals surface area contributed by atoms with E-state index in [4.69, 9.17) is 21.6 Å². The molecule has 0 saturated carbocycles. The fourth-order valence-corrected chi connectivity index (χ4v) is 3.12. The van der Waals surface area contributed by atoms with Gasteiger partial charge in [0.2, 0.25) is 5.95 Å². The first-order valence-electron chi connectivity index (χ1n) is 8.50. The molecule has 2 aromatic carbocycles. The Labute approximate surface area is 152 Å². The van der Waals surface area contributed by atoms with Crippen LogP contribution in [0.15, 0.2) is 60.7 Å². The molecule has 0 aliphatic carbocycles. The zero-order valence-corrected chi connectivity index (χ0v) is 14.6. The topological polar surface area (TPSA) is 41.1 Å². The van der Waals surface area contributed by atoms with Crippen molar-refractivity contribution in [1.82, 2.24) is 9.97 Å². The van der Waals surface area contributed by atoms with Gasteiger partial charge in [0.25, 0.3) is 0 Å². The van der Waals surface area contributed by atoms with Gasteiger partial charge in [-0.05, 0) is 37.1 Å². The first-order valence-corrected chi connectivity index (χ1v) is 8.88. The Kier molecular flexibility index (Phi) is 4.53. The highest BCUT2D eigenvalue weighted by Gasteiger charge is 2.17. The third-order valence-electron chi connectivity index (χ3n) is 4.29. The lowest BCUT2D eigenvalue weighted by Gasteiger charge is -2.18. The van der Waals surface area contributed by atoms with Crippen molar-refractivity contribution in [3.8, 4) is 11.3 Å². The molecule has 2 heterocycles. The Bertz CT molecular complexity index is 843. The largest absolute Gasteiger partial charge is 0.341 e. The first-order chi connectivity index (χ1) is 12.3. The maximum atomic E-state index is 5.97. The maximum Gasteiger partial charge on any atom is 0.227 e. The van der Waals surface area contributed by atoms with Gasteiger partial charge in [0.15, 0.2) is 0 Å². The molecule has 126 valence electrons. The molecule has 0 bridgehead atoms. The Morgan fingerprint density at radius 2 is 1.60 bits per heavy atom. The lowest BCUT2D eigenvalue weighted by atomic mass is 10.1. The molecule has 1 fully saturated rings. The van der Waals surface area contributed by atoms with Crippen molar-refractivity contribution in [1.29, 1.82) is 0 Å². The summed E-state index contributed by atoms with van der Waals surface area (Å²) in [5.74, 6) is 1.58. The van der Waals surface area contributed by atoms with E-state index >= 15 is 0 Å². The van der Waals surface area contributed by atoms with Crippen molar-refractivity contribution in [2.45, 2.75) is 12.8 Å². The summed E-state index contributed by atoms with van der Waals surface area (Å²) in [6.07, 6.45) is 2.39. The Morgan fingerprint density at radius 1 is 0.880 bits per heavy atom. The van der Waals surface area contributed by atoms with Gasteiger partial charge in [0.05, 0.1) is 5.69 Å². The smallest absolute Gasteiger partial charge is 0.227 e. The predicted octanol–water partition coefficient (Wildman–Crippen LogP) is 5.14.